The summed E-state index contributed by atoms with van der Waals surface area (Å²) in [5, 5.41) is 2.93. The molecule has 148 valence electrons. The van der Waals surface area contributed by atoms with Crippen LogP contribution in [0.2, 0.25) is 0 Å². The number of imidazole rings is 1. The number of nitrogens with zero attached hydrogens (tertiary/aromatic N) is 4. The van der Waals surface area contributed by atoms with Crippen molar-refractivity contribution >= 4 is 11.8 Å². The van der Waals surface area contributed by atoms with Gasteiger partial charge in [0.1, 0.15) is 5.69 Å². The van der Waals surface area contributed by atoms with Gasteiger partial charge < -0.3 is 14.8 Å². The number of carbonyl (C=O) groups excluding carboxylic acids is 2. The van der Waals surface area contributed by atoms with E-state index in [1.54, 1.807) is 12.4 Å². The lowest BCUT2D eigenvalue weighted by Crippen LogP contribution is -2.33. The summed E-state index contributed by atoms with van der Waals surface area (Å²) >= 11 is 0. The van der Waals surface area contributed by atoms with Crippen molar-refractivity contribution in [2.75, 3.05) is 13.1 Å². The molecule has 4 heterocycles. The van der Waals surface area contributed by atoms with E-state index in [9.17, 15) is 9.59 Å². The van der Waals surface area contributed by atoms with Crippen molar-refractivity contribution < 1.29 is 9.59 Å². The average molecular weight is 381 g/mol. The Kier molecular flexibility index (Phi) is 5.69. The first-order valence-corrected chi connectivity index (χ1v) is 10.3. The number of amides is 2. The van der Waals surface area contributed by atoms with Gasteiger partial charge in [-0.25, -0.2) is 4.98 Å². The Bertz CT molecular complexity index is 838. The van der Waals surface area contributed by atoms with Crippen LogP contribution in [0.25, 0.3) is 0 Å². The normalized spacial score (nSPS) is 16.9. The van der Waals surface area contributed by atoms with Crippen LogP contribution in [0, 0.1) is 0 Å². The first-order chi connectivity index (χ1) is 13.7. The lowest BCUT2D eigenvalue weighted by Gasteiger charge is -2.21. The van der Waals surface area contributed by atoms with E-state index >= 15 is 0 Å². The average Bonchev–Trinajstić information content (AvgIpc) is 2.92. The quantitative estimate of drug-likeness (QED) is 0.883. The molecular weight excluding hydrogens is 354 g/mol. The van der Waals surface area contributed by atoms with Gasteiger partial charge in [-0.05, 0) is 49.8 Å². The summed E-state index contributed by atoms with van der Waals surface area (Å²) < 4.78 is 1.95. The van der Waals surface area contributed by atoms with Crippen molar-refractivity contribution in [1.82, 2.24) is 24.8 Å². The van der Waals surface area contributed by atoms with E-state index in [0.29, 0.717) is 18.1 Å². The molecule has 2 aromatic heterocycles. The smallest absolute Gasteiger partial charge is 0.287 e. The Balaban J connectivity index is 1.56. The van der Waals surface area contributed by atoms with Gasteiger partial charge in [0, 0.05) is 38.6 Å². The van der Waals surface area contributed by atoms with Gasteiger partial charge in [-0.3, -0.25) is 14.6 Å². The summed E-state index contributed by atoms with van der Waals surface area (Å²) in [5.74, 6) is 0.123. The van der Waals surface area contributed by atoms with E-state index in [0.717, 1.165) is 63.0 Å². The second-order valence-electron chi connectivity index (χ2n) is 7.58. The van der Waals surface area contributed by atoms with Crippen molar-refractivity contribution in [2.24, 2.45) is 0 Å². The third kappa shape index (κ3) is 3.93. The Hall–Kier alpha value is -2.70. The van der Waals surface area contributed by atoms with Crippen LogP contribution in [0.4, 0.5) is 0 Å². The van der Waals surface area contributed by atoms with Crippen LogP contribution in [0.5, 0.6) is 0 Å². The zero-order valence-corrected chi connectivity index (χ0v) is 16.2. The Morgan fingerprint density at radius 2 is 1.68 bits per heavy atom. The summed E-state index contributed by atoms with van der Waals surface area (Å²) in [7, 11) is 0. The first-order valence-electron chi connectivity index (χ1n) is 10.3. The molecule has 2 amide bonds. The Morgan fingerprint density at radius 3 is 2.43 bits per heavy atom. The Labute approximate surface area is 165 Å². The molecule has 4 rings (SSSR count). The highest BCUT2D eigenvalue weighted by Crippen LogP contribution is 2.23. The predicted octanol–water partition coefficient (Wildman–Crippen LogP) is 2.56. The van der Waals surface area contributed by atoms with Gasteiger partial charge in [0.25, 0.3) is 11.8 Å². The van der Waals surface area contributed by atoms with Crippen LogP contribution in [0.15, 0.2) is 24.5 Å². The number of nitrogens with one attached hydrogen (secondary N) is 1. The standard InChI is InChI=1S/C21H27N5O2/c27-20(23-15-16-8-10-22-11-9-16)19-24-18(17-7-3-6-14-26(17)19)21(28)25-12-4-1-2-5-13-25/h8-11H,1-7,12-15H2,(H,23,27). The molecule has 0 aromatic carbocycles. The minimum absolute atomic E-state index is 0.0132. The summed E-state index contributed by atoms with van der Waals surface area (Å²) in [6.45, 7) is 2.73. The maximum atomic E-state index is 13.2. The predicted molar refractivity (Wildman–Crippen MR) is 105 cm³/mol. The molecule has 2 aliphatic heterocycles. The first kappa shape index (κ1) is 18.7. The van der Waals surface area contributed by atoms with Crippen LogP contribution in [0.3, 0.4) is 0 Å². The van der Waals surface area contributed by atoms with Crippen molar-refractivity contribution in [2.45, 2.75) is 58.0 Å². The zero-order chi connectivity index (χ0) is 19.3. The van der Waals surface area contributed by atoms with Crippen LogP contribution in [-0.2, 0) is 19.5 Å². The molecular formula is C21H27N5O2. The molecule has 0 spiro atoms. The number of hydrogen-bond donors (Lipinski definition) is 1. The molecule has 0 aliphatic carbocycles. The number of rotatable bonds is 4. The fourth-order valence-electron chi connectivity index (χ4n) is 4.07. The SMILES string of the molecule is O=C(NCc1ccncc1)c1nc(C(=O)N2CCCCCC2)c2n1CCCC2. The molecule has 1 saturated heterocycles. The van der Waals surface area contributed by atoms with Crippen molar-refractivity contribution in [3.8, 4) is 0 Å². The van der Waals surface area contributed by atoms with Gasteiger partial charge in [-0.1, -0.05) is 12.8 Å². The topological polar surface area (TPSA) is 80.1 Å². The highest BCUT2D eigenvalue weighted by molar-refractivity contribution is 5.97. The van der Waals surface area contributed by atoms with Gasteiger partial charge in [-0.2, -0.15) is 0 Å². The van der Waals surface area contributed by atoms with E-state index in [-0.39, 0.29) is 11.8 Å². The minimum Gasteiger partial charge on any atom is -0.345 e. The number of hydrogen-bond acceptors (Lipinski definition) is 4. The molecule has 2 aliphatic rings. The molecule has 7 nitrogen and oxygen atoms in total. The summed E-state index contributed by atoms with van der Waals surface area (Å²) in [4.78, 5) is 36.4. The van der Waals surface area contributed by atoms with E-state index in [1.165, 1.54) is 12.8 Å². The van der Waals surface area contributed by atoms with Crippen LogP contribution in [0.1, 0.15) is 70.9 Å². The summed E-state index contributed by atoms with van der Waals surface area (Å²) in [5.41, 5.74) is 2.39. The summed E-state index contributed by atoms with van der Waals surface area (Å²) in [6.07, 6.45) is 10.7. The molecule has 0 radical (unpaired) electrons. The van der Waals surface area contributed by atoms with Gasteiger partial charge >= 0.3 is 0 Å². The third-order valence-electron chi connectivity index (χ3n) is 5.62. The molecule has 0 unspecified atom stereocenters. The highest BCUT2D eigenvalue weighted by atomic mass is 16.2. The molecule has 0 saturated carbocycles. The van der Waals surface area contributed by atoms with E-state index < -0.39 is 0 Å². The number of aromatic nitrogens is 3. The van der Waals surface area contributed by atoms with Crippen LogP contribution >= 0.6 is 0 Å². The van der Waals surface area contributed by atoms with E-state index in [4.69, 9.17) is 0 Å². The fourth-order valence-corrected chi connectivity index (χ4v) is 4.07. The minimum atomic E-state index is -0.227. The maximum Gasteiger partial charge on any atom is 0.287 e. The number of fused-ring (bicyclic) bond motifs is 1. The fraction of sp³-hybridized carbons (Fsp3) is 0.524. The van der Waals surface area contributed by atoms with Gasteiger partial charge in [0.15, 0.2) is 5.82 Å². The lowest BCUT2D eigenvalue weighted by atomic mass is 10.1. The third-order valence-corrected chi connectivity index (χ3v) is 5.62. The van der Waals surface area contributed by atoms with Crippen molar-refractivity contribution in [1.29, 1.82) is 0 Å². The zero-order valence-electron chi connectivity index (χ0n) is 16.2. The lowest BCUT2D eigenvalue weighted by molar-refractivity contribution is 0.0754. The maximum absolute atomic E-state index is 13.2. The van der Waals surface area contributed by atoms with E-state index in [1.807, 2.05) is 21.6 Å². The van der Waals surface area contributed by atoms with Crippen LogP contribution in [-0.4, -0.2) is 44.3 Å². The molecule has 2 aromatic rings. The number of likely N-dealkylation sites (tertiary alicyclic amines) is 1. The molecule has 1 fully saturated rings. The number of pyridine rings is 1. The van der Waals surface area contributed by atoms with E-state index in [2.05, 4.69) is 15.3 Å². The molecule has 28 heavy (non-hydrogen) atoms. The second-order valence-corrected chi connectivity index (χ2v) is 7.58. The van der Waals surface area contributed by atoms with Gasteiger partial charge in [-0.15, -0.1) is 0 Å². The molecule has 7 heteroatoms. The second kappa shape index (κ2) is 8.54. The highest BCUT2D eigenvalue weighted by Gasteiger charge is 2.30. The monoisotopic (exact) mass is 381 g/mol. The molecule has 0 bridgehead atoms. The molecule has 0 atom stereocenters. The number of carbonyl (C=O) groups is 2. The Morgan fingerprint density at radius 1 is 0.964 bits per heavy atom. The molecule has 1 N–H and O–H groups in total. The van der Waals surface area contributed by atoms with Crippen molar-refractivity contribution in [3.63, 3.8) is 0 Å². The van der Waals surface area contributed by atoms with Gasteiger partial charge in [0.2, 0.25) is 0 Å². The van der Waals surface area contributed by atoms with Gasteiger partial charge in [0.05, 0.1) is 5.69 Å². The largest absolute Gasteiger partial charge is 0.345 e. The van der Waals surface area contributed by atoms with Crippen LogP contribution < -0.4 is 5.32 Å². The summed E-state index contributed by atoms with van der Waals surface area (Å²) in [6, 6.07) is 3.74. The van der Waals surface area contributed by atoms with Crippen molar-refractivity contribution in [3.05, 3.63) is 47.3 Å².